The van der Waals surface area contributed by atoms with E-state index in [1.807, 2.05) is 6.92 Å². The molecule has 0 bridgehead atoms. The summed E-state index contributed by atoms with van der Waals surface area (Å²) in [7, 11) is -3.46. The number of nitrogens with zero attached hydrogens (tertiary/aromatic N) is 1. The van der Waals surface area contributed by atoms with Gasteiger partial charge in [-0.15, -0.1) is 0 Å². The van der Waals surface area contributed by atoms with Gasteiger partial charge in [0.15, 0.2) is 0 Å². The minimum Gasteiger partial charge on any atom is -0.464 e. The van der Waals surface area contributed by atoms with Crippen molar-refractivity contribution in [1.29, 1.82) is 0 Å². The first kappa shape index (κ1) is 16.5. The lowest BCUT2D eigenvalue weighted by Gasteiger charge is -2.37. The van der Waals surface area contributed by atoms with E-state index < -0.39 is 10.0 Å². The van der Waals surface area contributed by atoms with Crippen LogP contribution in [0.25, 0.3) is 0 Å². The van der Waals surface area contributed by atoms with E-state index in [1.54, 1.807) is 17.3 Å². The van der Waals surface area contributed by atoms with Gasteiger partial charge in [-0.1, -0.05) is 20.8 Å². The van der Waals surface area contributed by atoms with Crippen LogP contribution in [0.2, 0.25) is 0 Å². The quantitative estimate of drug-likeness (QED) is 0.907. The molecule has 0 aromatic carbocycles. The van der Waals surface area contributed by atoms with E-state index in [1.165, 1.54) is 0 Å². The third-order valence-corrected chi connectivity index (χ3v) is 5.91. The molecule has 1 N–H and O–H groups in total. The minimum absolute atomic E-state index is 0.0373. The molecule has 1 aliphatic heterocycles. The molecule has 0 saturated carbocycles. The number of furan rings is 1. The summed E-state index contributed by atoms with van der Waals surface area (Å²) in [6, 6.07) is 1.66. The summed E-state index contributed by atoms with van der Waals surface area (Å²) >= 11 is 0. The lowest BCUT2D eigenvalue weighted by molar-refractivity contribution is 0.187. The number of sulfonamides is 1. The van der Waals surface area contributed by atoms with Crippen LogP contribution in [-0.4, -0.2) is 32.4 Å². The Bertz CT molecular complexity index is 590. The molecule has 120 valence electrons. The van der Waals surface area contributed by atoms with Crippen molar-refractivity contribution in [3.63, 3.8) is 0 Å². The molecule has 1 fully saturated rings. The zero-order chi connectivity index (χ0) is 15.7. The van der Waals surface area contributed by atoms with E-state index in [0.717, 1.165) is 19.4 Å². The Hall–Kier alpha value is -0.850. The van der Waals surface area contributed by atoms with Crippen LogP contribution in [0.15, 0.2) is 15.4 Å². The molecule has 0 atom stereocenters. The van der Waals surface area contributed by atoms with Gasteiger partial charge in [0.05, 0.1) is 6.54 Å². The van der Waals surface area contributed by atoms with Gasteiger partial charge >= 0.3 is 0 Å². The third kappa shape index (κ3) is 3.67. The summed E-state index contributed by atoms with van der Waals surface area (Å²) in [5, 5.41) is 3.15. The van der Waals surface area contributed by atoms with E-state index in [2.05, 4.69) is 19.2 Å². The largest absolute Gasteiger partial charge is 0.464 e. The van der Waals surface area contributed by atoms with Crippen molar-refractivity contribution in [2.24, 2.45) is 5.41 Å². The fourth-order valence-electron chi connectivity index (χ4n) is 2.83. The van der Waals surface area contributed by atoms with Gasteiger partial charge in [-0.25, -0.2) is 8.42 Å². The first-order valence-corrected chi connectivity index (χ1v) is 9.00. The van der Waals surface area contributed by atoms with Crippen molar-refractivity contribution in [2.75, 3.05) is 19.6 Å². The summed E-state index contributed by atoms with van der Waals surface area (Å²) in [4.78, 5) is 0.313. The van der Waals surface area contributed by atoms with Crippen LogP contribution >= 0.6 is 0 Å². The second kappa shape index (κ2) is 6.10. The second-order valence-electron chi connectivity index (χ2n) is 6.52. The number of aryl methyl sites for hydroxylation is 1. The molecule has 1 aliphatic rings. The number of hydrogen-bond acceptors (Lipinski definition) is 4. The van der Waals surface area contributed by atoms with Crippen molar-refractivity contribution in [2.45, 2.75) is 52.0 Å². The normalized spacial score (nSPS) is 19.8. The van der Waals surface area contributed by atoms with Crippen LogP contribution < -0.4 is 5.32 Å². The van der Waals surface area contributed by atoms with Crippen molar-refractivity contribution >= 4 is 10.0 Å². The first-order chi connectivity index (χ1) is 9.76. The molecule has 2 rings (SSSR count). The maximum absolute atomic E-state index is 12.8. The molecule has 6 heteroatoms. The topological polar surface area (TPSA) is 62.6 Å². The highest BCUT2D eigenvalue weighted by molar-refractivity contribution is 7.89. The number of hydrogen-bond donors (Lipinski definition) is 1. The van der Waals surface area contributed by atoms with Gasteiger partial charge in [-0.3, -0.25) is 0 Å². The van der Waals surface area contributed by atoms with Crippen LogP contribution in [0.3, 0.4) is 0 Å². The molecular weight excluding hydrogens is 288 g/mol. The van der Waals surface area contributed by atoms with Crippen molar-refractivity contribution < 1.29 is 12.8 Å². The van der Waals surface area contributed by atoms with Crippen LogP contribution in [-0.2, 0) is 16.6 Å². The van der Waals surface area contributed by atoms with E-state index in [9.17, 15) is 8.42 Å². The monoisotopic (exact) mass is 314 g/mol. The molecule has 0 radical (unpaired) electrons. The smallest absolute Gasteiger partial charge is 0.246 e. The summed E-state index contributed by atoms with van der Waals surface area (Å²) in [6.45, 7) is 10.5. The Morgan fingerprint density at radius 2 is 2.14 bits per heavy atom. The molecular formula is C15H26N2O3S. The van der Waals surface area contributed by atoms with E-state index >= 15 is 0 Å². The van der Waals surface area contributed by atoms with E-state index in [-0.39, 0.29) is 5.41 Å². The van der Waals surface area contributed by atoms with Crippen LogP contribution in [0.4, 0.5) is 0 Å². The zero-order valence-corrected chi connectivity index (χ0v) is 14.2. The zero-order valence-electron chi connectivity index (χ0n) is 13.4. The summed E-state index contributed by atoms with van der Waals surface area (Å²) in [5.74, 6) is 1.15. The fourth-order valence-corrected chi connectivity index (χ4v) is 4.68. The molecule has 0 unspecified atom stereocenters. The lowest BCUT2D eigenvalue weighted by atomic mass is 9.85. The maximum Gasteiger partial charge on any atom is 0.246 e. The van der Waals surface area contributed by atoms with Gasteiger partial charge in [0, 0.05) is 19.2 Å². The number of nitrogens with one attached hydrogen (secondary N) is 1. The van der Waals surface area contributed by atoms with Gasteiger partial charge < -0.3 is 9.73 Å². The molecule has 21 heavy (non-hydrogen) atoms. The fraction of sp³-hybridized carbons (Fsp3) is 0.733. The van der Waals surface area contributed by atoms with Gasteiger partial charge in [0.2, 0.25) is 10.0 Å². The highest BCUT2D eigenvalue weighted by Gasteiger charge is 2.35. The van der Waals surface area contributed by atoms with Gasteiger partial charge in [-0.05, 0) is 31.7 Å². The van der Waals surface area contributed by atoms with Crippen molar-refractivity contribution in [1.82, 2.24) is 9.62 Å². The summed E-state index contributed by atoms with van der Waals surface area (Å²) < 4.78 is 32.8. The third-order valence-electron chi connectivity index (χ3n) is 3.96. The number of rotatable bonds is 5. The Balaban J connectivity index is 2.25. The highest BCUT2D eigenvalue weighted by Crippen LogP contribution is 2.33. The maximum atomic E-state index is 12.8. The molecule has 0 spiro atoms. The molecule has 5 nitrogen and oxygen atoms in total. The van der Waals surface area contributed by atoms with Gasteiger partial charge in [0.1, 0.15) is 16.4 Å². The predicted octanol–water partition coefficient (Wildman–Crippen LogP) is 2.51. The summed E-state index contributed by atoms with van der Waals surface area (Å²) in [5.41, 5.74) is 0.0373. The van der Waals surface area contributed by atoms with Gasteiger partial charge in [-0.2, -0.15) is 4.31 Å². The molecule has 0 amide bonds. The Labute approximate surface area is 127 Å². The minimum atomic E-state index is -3.46. The first-order valence-electron chi connectivity index (χ1n) is 7.56. The second-order valence-corrected chi connectivity index (χ2v) is 8.43. The Kier molecular flexibility index (Phi) is 4.80. The van der Waals surface area contributed by atoms with Crippen LogP contribution in [0.1, 0.15) is 45.1 Å². The Morgan fingerprint density at radius 3 is 2.76 bits per heavy atom. The molecule has 1 aromatic heterocycles. The summed E-state index contributed by atoms with van der Waals surface area (Å²) in [6.07, 6.45) is 1.97. The van der Waals surface area contributed by atoms with Crippen LogP contribution in [0.5, 0.6) is 0 Å². The molecule has 1 saturated heterocycles. The molecule has 1 aromatic rings. The van der Waals surface area contributed by atoms with E-state index in [4.69, 9.17) is 4.42 Å². The standard InChI is InChI=1S/C15H26N2O3S/c1-5-16-10-13-9-14(12(2)20-13)21(18,19)17-8-6-7-15(3,4)11-17/h9,16H,5-8,10-11H2,1-4H3. The predicted molar refractivity (Wildman–Crippen MR) is 82.6 cm³/mol. The SMILES string of the molecule is CCNCc1cc(S(=O)(=O)N2CCCC(C)(C)C2)c(C)o1. The average Bonchev–Trinajstić information content (AvgIpc) is 2.77. The molecule has 2 heterocycles. The highest BCUT2D eigenvalue weighted by atomic mass is 32.2. The number of piperidine rings is 1. The lowest BCUT2D eigenvalue weighted by Crippen LogP contribution is -2.43. The molecule has 0 aliphatic carbocycles. The van der Waals surface area contributed by atoms with Crippen LogP contribution in [0, 0.1) is 12.3 Å². The van der Waals surface area contributed by atoms with Crippen molar-refractivity contribution in [3.05, 3.63) is 17.6 Å². The van der Waals surface area contributed by atoms with E-state index in [0.29, 0.717) is 36.1 Å². The average molecular weight is 314 g/mol. The van der Waals surface area contributed by atoms with Gasteiger partial charge in [0.25, 0.3) is 0 Å². The Morgan fingerprint density at radius 1 is 1.43 bits per heavy atom. The van der Waals surface area contributed by atoms with Crippen molar-refractivity contribution in [3.8, 4) is 0 Å².